The van der Waals surface area contributed by atoms with Crippen molar-refractivity contribution < 1.29 is 32.9 Å². The smallest absolute Gasteiger partial charge is 0.387 e. The highest BCUT2D eigenvalue weighted by Crippen LogP contribution is 2.43. The van der Waals surface area contributed by atoms with Gasteiger partial charge in [0.1, 0.15) is 13.2 Å². The summed E-state index contributed by atoms with van der Waals surface area (Å²) in [5, 5.41) is 14.0. The highest BCUT2D eigenvalue weighted by Gasteiger charge is 2.28. The lowest BCUT2D eigenvalue weighted by Gasteiger charge is -2.25. The molecule has 0 aromatic rings. The molecule has 0 aromatic carbocycles. The third-order valence-corrected chi connectivity index (χ3v) is 18.5. The van der Waals surface area contributed by atoms with Crippen molar-refractivity contribution in [1.29, 1.82) is 0 Å². The summed E-state index contributed by atoms with van der Waals surface area (Å²) in [6, 6.07) is -0.848. The molecule has 0 fully saturated rings. The zero-order chi connectivity index (χ0) is 62.6. The molecule has 0 aliphatic heterocycles. The molecule has 0 aromatic heterocycles. The van der Waals surface area contributed by atoms with Crippen LogP contribution >= 0.6 is 7.82 Å². The number of hydrogen-bond acceptors (Lipinski definition) is 5. The Kier molecular flexibility index (Phi) is 66.6. The van der Waals surface area contributed by atoms with Crippen LogP contribution < -0.4 is 5.32 Å². The van der Waals surface area contributed by atoms with Crippen LogP contribution in [0.4, 0.5) is 0 Å². The van der Waals surface area contributed by atoms with Gasteiger partial charge in [0.15, 0.2) is 0 Å². The number of hydrogen-bond donors (Lipinski definition) is 3. The normalized spacial score (nSPS) is 13.8. The summed E-state index contributed by atoms with van der Waals surface area (Å²) < 4.78 is 23.9. The van der Waals surface area contributed by atoms with E-state index in [1.54, 1.807) is 6.08 Å². The summed E-state index contributed by atoms with van der Waals surface area (Å²) in [7, 11) is 1.59. The highest BCUT2D eigenvalue weighted by molar-refractivity contribution is 7.47. The van der Waals surface area contributed by atoms with E-state index in [9.17, 15) is 19.4 Å². The van der Waals surface area contributed by atoms with Gasteiger partial charge in [0.25, 0.3) is 0 Å². The molecular weight excluding hydrogens is 1080 g/mol. The Morgan fingerprint density at radius 2 is 0.663 bits per heavy atom. The maximum Gasteiger partial charge on any atom is 0.472 e. The molecule has 3 atom stereocenters. The van der Waals surface area contributed by atoms with Crippen molar-refractivity contribution in [2.75, 3.05) is 40.9 Å². The molecule has 3 N–H and O–H groups in total. The van der Waals surface area contributed by atoms with Crippen LogP contribution in [0.1, 0.15) is 386 Å². The van der Waals surface area contributed by atoms with E-state index in [-0.39, 0.29) is 19.1 Å². The predicted molar refractivity (Wildman–Crippen MR) is 378 cm³/mol. The van der Waals surface area contributed by atoms with Crippen LogP contribution in [0, 0.1) is 0 Å². The van der Waals surface area contributed by atoms with Gasteiger partial charge in [0.05, 0.1) is 39.9 Å². The van der Waals surface area contributed by atoms with E-state index in [4.69, 9.17) is 9.05 Å². The van der Waals surface area contributed by atoms with Gasteiger partial charge in [0.2, 0.25) is 5.91 Å². The summed E-state index contributed by atoms with van der Waals surface area (Å²) >= 11 is 0. The van der Waals surface area contributed by atoms with Gasteiger partial charge >= 0.3 is 7.82 Å². The molecule has 508 valence electrons. The first-order chi connectivity index (χ1) is 42.0. The van der Waals surface area contributed by atoms with Crippen molar-refractivity contribution in [3.63, 3.8) is 0 Å². The topological polar surface area (TPSA) is 105 Å². The van der Waals surface area contributed by atoms with Crippen LogP contribution in [0.2, 0.25) is 0 Å². The number of carbonyl (C=O) groups excluding carboxylic acids is 1. The van der Waals surface area contributed by atoms with E-state index >= 15 is 0 Å². The average Bonchev–Trinajstić information content (AvgIpc) is 3.70. The van der Waals surface area contributed by atoms with E-state index in [1.807, 2.05) is 27.2 Å². The molecule has 0 saturated heterocycles. The first-order valence-corrected chi connectivity index (χ1v) is 39.5. The average molecular weight is 1230 g/mol. The number of quaternary nitrogens is 1. The Bertz CT molecular complexity index is 1540. The van der Waals surface area contributed by atoms with Gasteiger partial charge in [-0.25, -0.2) is 4.57 Å². The van der Waals surface area contributed by atoms with Gasteiger partial charge in [-0.2, -0.15) is 0 Å². The lowest BCUT2D eigenvalue weighted by molar-refractivity contribution is -0.870. The molecule has 0 aliphatic rings. The summed E-state index contributed by atoms with van der Waals surface area (Å²) in [6.07, 6.45) is 92.8. The summed E-state index contributed by atoms with van der Waals surface area (Å²) in [5.74, 6) is -0.169. The molecular formula is C77H150N2O6P+. The second kappa shape index (κ2) is 67.8. The Morgan fingerprint density at radius 3 is 0.965 bits per heavy atom. The number of nitrogens with zero attached hydrogens (tertiary/aromatic N) is 1. The van der Waals surface area contributed by atoms with Crippen molar-refractivity contribution in [3.8, 4) is 0 Å². The van der Waals surface area contributed by atoms with Gasteiger partial charge in [-0.15, -0.1) is 0 Å². The number of phosphoric acid groups is 1. The number of likely N-dealkylation sites (N-methyl/N-ethyl adjacent to an activating group) is 1. The number of unbranched alkanes of at least 4 members (excludes halogenated alkanes) is 52. The quantitative estimate of drug-likeness (QED) is 0.0243. The fraction of sp³-hybridized carbons (Fsp3) is 0.883. The van der Waals surface area contributed by atoms with E-state index in [0.717, 1.165) is 44.9 Å². The van der Waals surface area contributed by atoms with Gasteiger partial charge in [-0.3, -0.25) is 13.8 Å². The minimum atomic E-state index is -4.36. The predicted octanol–water partition coefficient (Wildman–Crippen LogP) is 24.6. The minimum absolute atomic E-state index is 0.0631. The van der Waals surface area contributed by atoms with Gasteiger partial charge in [0, 0.05) is 6.42 Å². The number of aliphatic hydroxyl groups excluding tert-OH is 1. The number of allylic oxidation sites excluding steroid dienone is 7. The third kappa shape index (κ3) is 69.9. The molecule has 0 spiro atoms. The van der Waals surface area contributed by atoms with Crippen molar-refractivity contribution in [3.05, 3.63) is 48.6 Å². The lowest BCUT2D eigenvalue weighted by Crippen LogP contribution is -2.45. The molecule has 86 heavy (non-hydrogen) atoms. The Morgan fingerprint density at radius 1 is 0.395 bits per heavy atom. The Labute approximate surface area is 537 Å². The molecule has 8 nitrogen and oxygen atoms in total. The summed E-state index contributed by atoms with van der Waals surface area (Å²) in [5.41, 5.74) is 0. The molecule has 0 radical (unpaired) electrons. The van der Waals surface area contributed by atoms with Crippen molar-refractivity contribution in [2.45, 2.75) is 398 Å². The second-order valence-electron chi connectivity index (χ2n) is 27.4. The molecule has 0 heterocycles. The maximum absolute atomic E-state index is 13.1. The number of amides is 1. The summed E-state index contributed by atoms with van der Waals surface area (Å²) in [4.78, 5) is 23.5. The first kappa shape index (κ1) is 84.5. The third-order valence-electron chi connectivity index (χ3n) is 17.5. The van der Waals surface area contributed by atoms with Crippen LogP contribution in [0.15, 0.2) is 48.6 Å². The van der Waals surface area contributed by atoms with Gasteiger partial charge in [-0.1, -0.05) is 371 Å². The molecule has 0 saturated carbocycles. The number of aliphatic hydroxyl groups is 1. The second-order valence-corrected chi connectivity index (χ2v) is 28.8. The Hall–Kier alpha value is -1.54. The van der Waals surface area contributed by atoms with Crippen molar-refractivity contribution in [1.82, 2.24) is 5.32 Å². The molecule has 0 bridgehead atoms. The first-order valence-electron chi connectivity index (χ1n) is 38.0. The molecule has 0 rings (SSSR count). The molecule has 9 heteroatoms. The SMILES string of the molecule is CCCCCCC/C=C\C/C=C\C/C=C\CCCCCCCCCCCCCCCCCCCCCCC(=O)NC(COP(=O)(O)OCC[N+](C)(C)C)C(O)/C=C/CCCCCCCCCCCCCCCCCCCCCCCCCCCCC. The largest absolute Gasteiger partial charge is 0.472 e. The molecule has 3 unspecified atom stereocenters. The van der Waals surface area contributed by atoms with Crippen LogP contribution in [0.3, 0.4) is 0 Å². The number of rotatable bonds is 71. The van der Waals surface area contributed by atoms with E-state index in [0.29, 0.717) is 17.4 Å². The van der Waals surface area contributed by atoms with Crippen LogP contribution in [-0.4, -0.2) is 73.4 Å². The fourth-order valence-electron chi connectivity index (χ4n) is 11.6. The van der Waals surface area contributed by atoms with Gasteiger partial charge < -0.3 is 19.8 Å². The van der Waals surface area contributed by atoms with Gasteiger partial charge in [-0.05, 0) is 57.8 Å². The van der Waals surface area contributed by atoms with Crippen molar-refractivity contribution in [2.24, 2.45) is 0 Å². The van der Waals surface area contributed by atoms with Crippen LogP contribution in [0.25, 0.3) is 0 Å². The summed E-state index contributed by atoms with van der Waals surface area (Å²) in [6.45, 7) is 4.86. The fourth-order valence-corrected chi connectivity index (χ4v) is 12.4. The zero-order valence-electron chi connectivity index (χ0n) is 58.3. The van der Waals surface area contributed by atoms with E-state index in [2.05, 4.69) is 55.6 Å². The van der Waals surface area contributed by atoms with E-state index < -0.39 is 20.0 Å². The van der Waals surface area contributed by atoms with Crippen LogP contribution in [0.5, 0.6) is 0 Å². The lowest BCUT2D eigenvalue weighted by atomic mass is 10.0. The van der Waals surface area contributed by atoms with E-state index in [1.165, 1.54) is 321 Å². The number of nitrogens with one attached hydrogen (secondary N) is 1. The monoisotopic (exact) mass is 1230 g/mol. The standard InChI is InChI=1S/C77H149N2O6P/c1-6-8-10-12-14-16-18-20-22-24-26-28-30-32-34-36-37-38-39-40-41-43-45-47-49-51-53-55-57-59-61-63-65-67-69-71-77(81)78-75(74-85-86(82,83)84-73-72-79(3,4)5)76(80)70-68-66-64-62-60-58-56-54-52-50-48-46-44-42-35-33-31-29-27-25-23-21-19-17-15-13-11-9-7-2/h18,20,24,26,30,32,68,70,75-76,80H,6-17,19,21-23,25,27-29,31,33-67,69,71-74H2,1-5H3,(H-,78,81,82,83)/p+1/b20-18-,26-24-,32-30-,70-68+. The maximum atomic E-state index is 13.1. The van der Waals surface area contributed by atoms with Crippen molar-refractivity contribution >= 4 is 13.7 Å². The highest BCUT2D eigenvalue weighted by atomic mass is 31.2. The Balaban J connectivity index is 3.99. The number of carbonyl (C=O) groups is 1. The minimum Gasteiger partial charge on any atom is -0.387 e. The number of phosphoric ester groups is 1. The molecule has 1 amide bonds. The van der Waals surface area contributed by atoms with Crippen LogP contribution in [-0.2, 0) is 18.4 Å². The molecule has 0 aliphatic carbocycles. The zero-order valence-corrected chi connectivity index (χ0v) is 59.2.